The Kier molecular flexibility index (Phi) is 4.13. The number of hydrogen-bond donors (Lipinski definition) is 2. The number of H-pyrrole nitrogens is 1. The number of rotatable bonds is 3. The summed E-state index contributed by atoms with van der Waals surface area (Å²) in [7, 11) is 0. The molecule has 5 heteroatoms. The van der Waals surface area contributed by atoms with E-state index in [-0.39, 0.29) is 17.4 Å². The third kappa shape index (κ3) is 3.16. The summed E-state index contributed by atoms with van der Waals surface area (Å²) in [6.45, 7) is 1.75. The lowest BCUT2D eigenvalue weighted by molar-refractivity contribution is -0.117. The maximum absolute atomic E-state index is 12.7. The molecule has 0 saturated carbocycles. The second-order valence-electron chi connectivity index (χ2n) is 6.57. The average Bonchev–Trinajstić information content (AvgIpc) is 3.06. The maximum Gasteiger partial charge on any atom is 0.251 e. The van der Waals surface area contributed by atoms with Gasteiger partial charge in [0.05, 0.1) is 11.6 Å². The fraction of sp³-hybridized carbons (Fsp3) is 0.190. The lowest BCUT2D eigenvalue weighted by Gasteiger charge is -2.12. The number of hydrogen-bond acceptors (Lipinski definition) is 3. The van der Waals surface area contributed by atoms with Gasteiger partial charge < -0.3 is 10.3 Å². The van der Waals surface area contributed by atoms with Crippen molar-refractivity contribution < 1.29 is 4.79 Å². The molecule has 3 aromatic rings. The van der Waals surface area contributed by atoms with E-state index in [0.717, 1.165) is 29.7 Å². The van der Waals surface area contributed by atoms with E-state index < -0.39 is 0 Å². The zero-order valence-electron chi connectivity index (χ0n) is 14.5. The van der Waals surface area contributed by atoms with E-state index in [1.807, 2.05) is 42.5 Å². The molecule has 0 bridgehead atoms. The van der Waals surface area contributed by atoms with Gasteiger partial charge in [-0.25, -0.2) is 4.98 Å². The van der Waals surface area contributed by atoms with Gasteiger partial charge in [0.1, 0.15) is 5.82 Å². The molecular formula is C21H19N3O2. The molecule has 130 valence electrons. The van der Waals surface area contributed by atoms with Crippen LogP contribution in [0.15, 0.2) is 59.4 Å². The zero-order valence-corrected chi connectivity index (χ0v) is 14.5. The monoisotopic (exact) mass is 345 g/mol. The quantitative estimate of drug-likeness (QED) is 0.764. The van der Waals surface area contributed by atoms with Crippen molar-refractivity contribution in [3.63, 3.8) is 0 Å². The molecule has 1 aliphatic carbocycles. The summed E-state index contributed by atoms with van der Waals surface area (Å²) in [5.41, 5.74) is 4.41. The number of nitrogens with zero attached hydrogens (tertiary/aromatic N) is 1. The molecule has 1 aliphatic rings. The first-order valence-corrected chi connectivity index (χ1v) is 8.67. The molecule has 1 aromatic heterocycles. The Balaban J connectivity index is 1.51. The van der Waals surface area contributed by atoms with E-state index in [1.165, 1.54) is 11.6 Å². The van der Waals surface area contributed by atoms with Gasteiger partial charge in [0.15, 0.2) is 0 Å². The second-order valence-corrected chi connectivity index (χ2v) is 6.57. The number of anilines is 1. The number of aryl methyl sites for hydroxylation is 2. The normalized spacial score (nSPS) is 15.5. The van der Waals surface area contributed by atoms with Crippen LogP contribution in [0.3, 0.4) is 0 Å². The van der Waals surface area contributed by atoms with E-state index in [1.54, 1.807) is 6.92 Å². The second kappa shape index (κ2) is 6.59. The van der Waals surface area contributed by atoms with E-state index >= 15 is 0 Å². The van der Waals surface area contributed by atoms with Crippen LogP contribution in [0, 0.1) is 6.92 Å². The number of carbonyl (C=O) groups is 1. The maximum atomic E-state index is 12.7. The fourth-order valence-corrected chi connectivity index (χ4v) is 3.51. The Bertz CT molecular complexity index is 1020. The van der Waals surface area contributed by atoms with Crippen LogP contribution in [0.4, 0.5) is 5.69 Å². The minimum atomic E-state index is -0.176. The molecule has 0 radical (unpaired) electrons. The van der Waals surface area contributed by atoms with E-state index in [9.17, 15) is 9.59 Å². The smallest absolute Gasteiger partial charge is 0.251 e. The van der Waals surface area contributed by atoms with Gasteiger partial charge in [-0.15, -0.1) is 0 Å². The molecule has 0 fully saturated rings. The first-order chi connectivity index (χ1) is 12.6. The molecule has 1 unspecified atom stereocenters. The number of nitrogens with one attached hydrogen (secondary N) is 2. The molecule has 0 aliphatic heterocycles. The highest BCUT2D eigenvalue weighted by atomic mass is 16.2. The van der Waals surface area contributed by atoms with Gasteiger partial charge in [0.2, 0.25) is 5.91 Å². The van der Waals surface area contributed by atoms with Crippen LogP contribution in [0.5, 0.6) is 0 Å². The highest BCUT2D eigenvalue weighted by Gasteiger charge is 2.28. The molecule has 1 atom stereocenters. The van der Waals surface area contributed by atoms with Gasteiger partial charge in [-0.05, 0) is 43.0 Å². The van der Waals surface area contributed by atoms with Crippen molar-refractivity contribution in [2.45, 2.75) is 25.7 Å². The number of amides is 1. The third-order valence-electron chi connectivity index (χ3n) is 4.76. The Morgan fingerprint density at radius 1 is 1.15 bits per heavy atom. The standard InChI is InChI=1S/C21H19N3O2/c1-13-22-19(12-20(25)23-13)15-6-9-16(10-7-15)24-21(26)18-11-8-14-4-2-3-5-17(14)18/h2-7,9-10,12,18H,8,11H2,1H3,(H,24,26)(H,22,23,25). The van der Waals surface area contributed by atoms with E-state index in [0.29, 0.717) is 11.5 Å². The third-order valence-corrected chi connectivity index (χ3v) is 4.76. The number of fused-ring (bicyclic) bond motifs is 1. The molecule has 5 nitrogen and oxygen atoms in total. The molecule has 2 aromatic carbocycles. The van der Waals surface area contributed by atoms with Crippen LogP contribution in [0.25, 0.3) is 11.3 Å². The SMILES string of the molecule is Cc1nc(-c2ccc(NC(=O)C3CCc4ccccc43)cc2)cc(=O)[nH]1. The van der Waals surface area contributed by atoms with Gasteiger partial charge in [0.25, 0.3) is 5.56 Å². The summed E-state index contributed by atoms with van der Waals surface area (Å²) in [6, 6.07) is 17.0. The van der Waals surface area contributed by atoms with Crippen molar-refractivity contribution in [1.82, 2.24) is 9.97 Å². The Hall–Kier alpha value is -3.21. The first kappa shape index (κ1) is 16.3. The fourth-order valence-electron chi connectivity index (χ4n) is 3.51. The predicted molar refractivity (Wildman–Crippen MR) is 101 cm³/mol. The summed E-state index contributed by atoms with van der Waals surface area (Å²) < 4.78 is 0. The molecule has 26 heavy (non-hydrogen) atoms. The van der Waals surface area contributed by atoms with Crippen LogP contribution >= 0.6 is 0 Å². The zero-order chi connectivity index (χ0) is 18.1. The minimum Gasteiger partial charge on any atom is -0.326 e. The first-order valence-electron chi connectivity index (χ1n) is 8.67. The molecule has 1 amide bonds. The largest absolute Gasteiger partial charge is 0.326 e. The van der Waals surface area contributed by atoms with Crippen LogP contribution in [0.2, 0.25) is 0 Å². The lowest BCUT2D eigenvalue weighted by atomic mass is 10.0. The summed E-state index contributed by atoms with van der Waals surface area (Å²) in [5.74, 6) is 0.500. The van der Waals surface area contributed by atoms with E-state index in [2.05, 4.69) is 21.4 Å². The van der Waals surface area contributed by atoms with Crippen molar-refractivity contribution in [3.8, 4) is 11.3 Å². The topological polar surface area (TPSA) is 74.8 Å². The molecule has 2 N–H and O–H groups in total. The highest BCUT2D eigenvalue weighted by molar-refractivity contribution is 5.96. The van der Waals surface area contributed by atoms with Gasteiger partial charge in [-0.2, -0.15) is 0 Å². The molecule has 0 saturated heterocycles. The van der Waals surface area contributed by atoms with Crippen molar-refractivity contribution in [2.24, 2.45) is 0 Å². The Labute approximate surface area is 151 Å². The number of aromatic amines is 1. The minimum absolute atomic E-state index is 0.0211. The summed E-state index contributed by atoms with van der Waals surface area (Å²) in [6.07, 6.45) is 1.79. The predicted octanol–water partition coefficient (Wildman–Crippen LogP) is 3.41. The average molecular weight is 345 g/mol. The number of carbonyl (C=O) groups excluding carboxylic acids is 1. The molecule has 0 spiro atoms. The van der Waals surface area contributed by atoms with Crippen molar-refractivity contribution in [3.05, 3.63) is 81.9 Å². The summed E-state index contributed by atoms with van der Waals surface area (Å²) in [5, 5.41) is 3.00. The van der Waals surface area contributed by atoms with Gasteiger partial charge in [-0.1, -0.05) is 36.4 Å². The summed E-state index contributed by atoms with van der Waals surface area (Å²) in [4.78, 5) is 31.2. The highest BCUT2D eigenvalue weighted by Crippen LogP contribution is 2.33. The van der Waals surface area contributed by atoms with Crippen LogP contribution in [-0.2, 0) is 11.2 Å². The van der Waals surface area contributed by atoms with E-state index in [4.69, 9.17) is 0 Å². The van der Waals surface area contributed by atoms with Gasteiger partial charge >= 0.3 is 0 Å². The number of aromatic nitrogens is 2. The van der Waals surface area contributed by atoms with Crippen molar-refractivity contribution in [2.75, 3.05) is 5.32 Å². The van der Waals surface area contributed by atoms with Gasteiger partial charge in [0, 0.05) is 17.3 Å². The molecule has 1 heterocycles. The molecule has 4 rings (SSSR count). The van der Waals surface area contributed by atoms with Crippen molar-refractivity contribution >= 4 is 11.6 Å². The Morgan fingerprint density at radius 3 is 2.69 bits per heavy atom. The lowest BCUT2D eigenvalue weighted by Crippen LogP contribution is -2.19. The summed E-state index contributed by atoms with van der Waals surface area (Å²) >= 11 is 0. The molecular weight excluding hydrogens is 326 g/mol. The number of benzene rings is 2. The van der Waals surface area contributed by atoms with Gasteiger partial charge in [-0.3, -0.25) is 9.59 Å². The van der Waals surface area contributed by atoms with Crippen LogP contribution in [0.1, 0.15) is 29.3 Å². The Morgan fingerprint density at radius 2 is 1.92 bits per heavy atom. The van der Waals surface area contributed by atoms with Crippen LogP contribution < -0.4 is 10.9 Å². The van der Waals surface area contributed by atoms with Crippen LogP contribution in [-0.4, -0.2) is 15.9 Å². The van der Waals surface area contributed by atoms with Crippen molar-refractivity contribution in [1.29, 1.82) is 0 Å².